The Bertz CT molecular complexity index is 994. The number of hydrogen-bond acceptors (Lipinski definition) is 5. The number of ether oxygens (including phenoxy) is 2. The molecule has 0 bridgehead atoms. The van der Waals surface area contributed by atoms with Crippen molar-refractivity contribution in [2.45, 2.75) is 32.4 Å². The Morgan fingerprint density at radius 2 is 1.72 bits per heavy atom. The molecule has 0 aliphatic carbocycles. The van der Waals surface area contributed by atoms with Crippen LogP contribution in [0.3, 0.4) is 0 Å². The molecule has 8 nitrogen and oxygen atoms in total. The van der Waals surface area contributed by atoms with Crippen LogP contribution in [-0.2, 0) is 26.4 Å². The molecule has 1 atom stereocenters. The van der Waals surface area contributed by atoms with E-state index in [1.807, 2.05) is 42.5 Å². The second-order valence-corrected chi connectivity index (χ2v) is 7.11. The molecule has 3 rings (SSSR count). The SMILES string of the molecule is C=CC[C@@]1(N(NC(=O)OCC)C(=O)OCC)C(=O)N(Cc2ccccc2)c2ccccc21. The number of benzene rings is 2. The molecule has 3 amide bonds. The maximum Gasteiger partial charge on any atom is 0.430 e. The summed E-state index contributed by atoms with van der Waals surface area (Å²) in [7, 11) is 0. The Hall–Kier alpha value is -3.81. The lowest BCUT2D eigenvalue weighted by atomic mass is 9.87. The zero-order valence-electron chi connectivity index (χ0n) is 18.2. The lowest BCUT2D eigenvalue weighted by molar-refractivity contribution is -0.131. The van der Waals surface area contributed by atoms with E-state index in [9.17, 15) is 14.4 Å². The van der Waals surface area contributed by atoms with Crippen molar-refractivity contribution in [3.63, 3.8) is 0 Å². The van der Waals surface area contributed by atoms with Crippen molar-refractivity contribution in [2.75, 3.05) is 18.1 Å². The third-order valence-corrected chi connectivity index (χ3v) is 5.17. The summed E-state index contributed by atoms with van der Waals surface area (Å²) in [6, 6.07) is 16.7. The zero-order chi connectivity index (χ0) is 23.1. The van der Waals surface area contributed by atoms with Crippen molar-refractivity contribution in [3.8, 4) is 0 Å². The van der Waals surface area contributed by atoms with Gasteiger partial charge >= 0.3 is 12.2 Å². The molecule has 0 unspecified atom stereocenters. The first-order valence-electron chi connectivity index (χ1n) is 10.5. The highest BCUT2D eigenvalue weighted by Gasteiger charge is 2.57. The van der Waals surface area contributed by atoms with Gasteiger partial charge in [-0.05, 0) is 25.5 Å². The van der Waals surface area contributed by atoms with Gasteiger partial charge in [-0.2, -0.15) is 5.01 Å². The fourth-order valence-corrected chi connectivity index (χ4v) is 3.88. The summed E-state index contributed by atoms with van der Waals surface area (Å²) in [5.74, 6) is -0.382. The largest absolute Gasteiger partial charge is 0.449 e. The maximum atomic E-state index is 14.0. The van der Waals surface area contributed by atoms with Crippen LogP contribution in [0.25, 0.3) is 0 Å². The number of hydrazine groups is 1. The molecule has 1 heterocycles. The molecule has 0 saturated carbocycles. The Morgan fingerprint density at radius 3 is 2.38 bits per heavy atom. The van der Waals surface area contributed by atoms with E-state index < -0.39 is 17.7 Å². The highest BCUT2D eigenvalue weighted by molar-refractivity contribution is 6.09. The van der Waals surface area contributed by atoms with E-state index in [0.29, 0.717) is 17.8 Å². The standard InChI is InChI=1S/C24H27N3O5/c1-4-16-24(27(23(30)32-6-3)25-22(29)31-5-2)19-14-10-11-15-20(19)26(21(24)28)17-18-12-8-7-9-13-18/h4,7-15H,1,5-6,16-17H2,2-3H3,(H,25,29)/t24-/m0/s1. The number of anilines is 1. The van der Waals surface area contributed by atoms with Crippen molar-refractivity contribution >= 4 is 23.8 Å². The average molecular weight is 437 g/mol. The van der Waals surface area contributed by atoms with E-state index >= 15 is 0 Å². The van der Waals surface area contributed by atoms with Crippen molar-refractivity contribution in [3.05, 3.63) is 78.4 Å². The summed E-state index contributed by atoms with van der Waals surface area (Å²) in [6.07, 6.45) is -0.137. The molecule has 2 aromatic carbocycles. The normalized spacial score (nSPS) is 16.8. The van der Waals surface area contributed by atoms with E-state index in [0.717, 1.165) is 10.6 Å². The fraction of sp³-hybridized carbons (Fsp3) is 0.292. The number of carbonyl (C=O) groups excluding carboxylic acids is 3. The van der Waals surface area contributed by atoms with E-state index in [-0.39, 0.29) is 25.5 Å². The van der Waals surface area contributed by atoms with Gasteiger partial charge in [0.2, 0.25) is 0 Å². The third kappa shape index (κ3) is 4.16. The molecule has 0 spiro atoms. The fourth-order valence-electron chi connectivity index (χ4n) is 3.88. The van der Waals surface area contributed by atoms with Crippen LogP contribution in [-0.4, -0.2) is 36.3 Å². The lowest BCUT2D eigenvalue weighted by Crippen LogP contribution is -2.62. The first kappa shape index (κ1) is 22.9. The summed E-state index contributed by atoms with van der Waals surface area (Å²) < 4.78 is 10.2. The molecular formula is C24H27N3O5. The number of nitrogens with zero attached hydrogens (tertiary/aromatic N) is 2. The van der Waals surface area contributed by atoms with Gasteiger partial charge in [0.05, 0.1) is 25.4 Å². The predicted molar refractivity (Wildman–Crippen MR) is 120 cm³/mol. The highest BCUT2D eigenvalue weighted by atomic mass is 16.6. The number of hydrogen-bond donors (Lipinski definition) is 1. The number of fused-ring (bicyclic) bond motifs is 1. The molecule has 0 fully saturated rings. The van der Waals surface area contributed by atoms with Crippen molar-refractivity contribution < 1.29 is 23.9 Å². The van der Waals surface area contributed by atoms with Gasteiger partial charge in [-0.3, -0.25) is 4.79 Å². The van der Waals surface area contributed by atoms with Crippen molar-refractivity contribution in [1.29, 1.82) is 0 Å². The molecule has 0 aromatic heterocycles. The van der Waals surface area contributed by atoms with Crippen LogP contribution in [0.1, 0.15) is 31.4 Å². The lowest BCUT2D eigenvalue weighted by Gasteiger charge is -2.38. The van der Waals surface area contributed by atoms with Gasteiger partial charge in [-0.25, -0.2) is 15.0 Å². The van der Waals surface area contributed by atoms with Crippen LogP contribution in [0, 0.1) is 0 Å². The van der Waals surface area contributed by atoms with E-state index in [2.05, 4.69) is 12.0 Å². The summed E-state index contributed by atoms with van der Waals surface area (Å²) in [6.45, 7) is 7.54. The summed E-state index contributed by atoms with van der Waals surface area (Å²) in [5, 5.41) is 0.933. The minimum atomic E-state index is -1.58. The molecule has 1 aliphatic rings. The topological polar surface area (TPSA) is 88.2 Å². The van der Waals surface area contributed by atoms with Crippen molar-refractivity contribution in [2.24, 2.45) is 0 Å². The van der Waals surface area contributed by atoms with Crippen molar-refractivity contribution in [1.82, 2.24) is 10.4 Å². The minimum Gasteiger partial charge on any atom is -0.449 e. The maximum absolute atomic E-state index is 14.0. The summed E-state index contributed by atoms with van der Waals surface area (Å²) in [5.41, 5.74) is 2.98. The van der Waals surface area contributed by atoms with Crippen LogP contribution >= 0.6 is 0 Å². The monoisotopic (exact) mass is 437 g/mol. The Balaban J connectivity index is 2.14. The number of rotatable bonds is 7. The number of para-hydroxylation sites is 1. The minimum absolute atomic E-state index is 0.0549. The molecular weight excluding hydrogens is 410 g/mol. The predicted octanol–water partition coefficient (Wildman–Crippen LogP) is 4.12. The van der Waals surface area contributed by atoms with E-state index in [1.54, 1.807) is 37.0 Å². The summed E-state index contributed by atoms with van der Waals surface area (Å²) in [4.78, 5) is 40.9. The smallest absolute Gasteiger partial charge is 0.430 e. The van der Waals surface area contributed by atoms with Crippen LogP contribution in [0.15, 0.2) is 67.3 Å². The first-order valence-corrected chi connectivity index (χ1v) is 10.5. The highest BCUT2D eigenvalue weighted by Crippen LogP contribution is 2.46. The van der Waals surface area contributed by atoms with Gasteiger partial charge in [0.1, 0.15) is 0 Å². The van der Waals surface area contributed by atoms with Crippen LogP contribution < -0.4 is 10.3 Å². The van der Waals surface area contributed by atoms with Gasteiger partial charge in [-0.1, -0.05) is 54.6 Å². The second-order valence-electron chi connectivity index (χ2n) is 7.11. The second kappa shape index (κ2) is 10.00. The molecule has 1 N–H and O–H groups in total. The van der Waals surface area contributed by atoms with Gasteiger partial charge in [0.15, 0.2) is 5.54 Å². The molecule has 8 heteroatoms. The Kier molecular flexibility index (Phi) is 7.14. The number of amides is 3. The molecule has 1 aliphatic heterocycles. The molecule has 168 valence electrons. The van der Waals surface area contributed by atoms with Crippen LogP contribution in [0.2, 0.25) is 0 Å². The molecule has 32 heavy (non-hydrogen) atoms. The Morgan fingerprint density at radius 1 is 1.06 bits per heavy atom. The van der Waals surface area contributed by atoms with Crippen LogP contribution in [0.4, 0.5) is 15.3 Å². The molecule has 2 aromatic rings. The number of nitrogens with one attached hydrogen (secondary N) is 1. The quantitative estimate of drug-likeness (QED) is 0.520. The van der Waals surface area contributed by atoms with Gasteiger partial charge < -0.3 is 14.4 Å². The van der Waals surface area contributed by atoms with Gasteiger partial charge in [0.25, 0.3) is 5.91 Å². The van der Waals surface area contributed by atoms with E-state index in [4.69, 9.17) is 9.47 Å². The number of carbonyl (C=O) groups is 3. The Labute approximate surface area is 187 Å². The average Bonchev–Trinajstić information content (AvgIpc) is 3.02. The van der Waals surface area contributed by atoms with E-state index in [1.165, 1.54) is 0 Å². The van der Waals surface area contributed by atoms with Crippen LogP contribution in [0.5, 0.6) is 0 Å². The summed E-state index contributed by atoms with van der Waals surface area (Å²) >= 11 is 0. The zero-order valence-corrected chi connectivity index (χ0v) is 18.2. The molecule has 0 saturated heterocycles. The van der Waals surface area contributed by atoms with Gasteiger partial charge in [0, 0.05) is 12.0 Å². The van der Waals surface area contributed by atoms with Gasteiger partial charge in [-0.15, -0.1) is 6.58 Å². The molecule has 0 radical (unpaired) electrons. The third-order valence-electron chi connectivity index (χ3n) is 5.17. The first-order chi connectivity index (χ1) is 15.5.